The van der Waals surface area contributed by atoms with E-state index in [1.165, 1.54) is 5.56 Å². The summed E-state index contributed by atoms with van der Waals surface area (Å²) in [6.07, 6.45) is 0.871. The van der Waals surface area contributed by atoms with Crippen molar-refractivity contribution < 1.29 is 9.59 Å². The van der Waals surface area contributed by atoms with E-state index in [1.54, 1.807) is 24.3 Å². The molecule has 0 aromatic heterocycles. The van der Waals surface area contributed by atoms with Gasteiger partial charge in [0.1, 0.15) is 0 Å². The van der Waals surface area contributed by atoms with Crippen LogP contribution in [0, 0.1) is 0 Å². The lowest BCUT2D eigenvalue weighted by Crippen LogP contribution is -2.24. The van der Waals surface area contributed by atoms with Crippen molar-refractivity contribution in [2.45, 2.75) is 38.0 Å². The molecule has 6 heteroatoms. The molecule has 2 N–H and O–H groups in total. The van der Waals surface area contributed by atoms with E-state index in [2.05, 4.69) is 37.5 Å². The fourth-order valence-corrected chi connectivity index (χ4v) is 5.93. The predicted octanol–water partition coefficient (Wildman–Crippen LogP) is 8.49. The minimum absolute atomic E-state index is 0.0814. The van der Waals surface area contributed by atoms with Crippen molar-refractivity contribution in [1.29, 1.82) is 0 Å². The van der Waals surface area contributed by atoms with Gasteiger partial charge in [-0.1, -0.05) is 86.4 Å². The first-order valence-electron chi connectivity index (χ1n) is 12.5. The van der Waals surface area contributed by atoms with Gasteiger partial charge in [0.2, 0.25) is 0 Å². The summed E-state index contributed by atoms with van der Waals surface area (Å²) in [4.78, 5) is 26.0. The van der Waals surface area contributed by atoms with Gasteiger partial charge < -0.3 is 10.6 Å². The lowest BCUT2D eigenvalue weighted by molar-refractivity contribution is 0.101. The monoisotopic (exact) mass is 542 g/mol. The van der Waals surface area contributed by atoms with Crippen molar-refractivity contribution in [3.63, 3.8) is 0 Å². The van der Waals surface area contributed by atoms with Gasteiger partial charge in [-0.15, -0.1) is 0 Å². The topological polar surface area (TPSA) is 58.2 Å². The zero-order valence-electron chi connectivity index (χ0n) is 21.4. The standard InChI is InChI=1S/C32H28Cl2N2O2/c1-31(2)19-32(3,22-15-12-20(13-16-22)29(37)35-27-10-6-4-8-25(27)33)24-18-21(14-17-23(24)31)30(38)36-28-11-7-5-9-26(28)34/h4-18H,19H2,1-3H3,(H,35,37)(H,36,38). The Kier molecular flexibility index (Phi) is 6.81. The van der Waals surface area contributed by atoms with E-state index in [1.807, 2.05) is 60.7 Å². The second kappa shape index (κ2) is 9.94. The lowest BCUT2D eigenvalue weighted by Gasteiger charge is -2.28. The zero-order chi connectivity index (χ0) is 27.1. The Balaban J connectivity index is 1.44. The van der Waals surface area contributed by atoms with Crippen LogP contribution in [0.3, 0.4) is 0 Å². The first-order valence-corrected chi connectivity index (χ1v) is 13.2. The molecule has 4 aromatic rings. The van der Waals surface area contributed by atoms with Gasteiger partial charge in [0.05, 0.1) is 21.4 Å². The molecular formula is C32H28Cl2N2O2. The van der Waals surface area contributed by atoms with Gasteiger partial charge in [-0.2, -0.15) is 0 Å². The number of nitrogens with one attached hydrogen (secondary N) is 2. The second-order valence-electron chi connectivity index (χ2n) is 10.6. The molecule has 192 valence electrons. The van der Waals surface area contributed by atoms with Crippen molar-refractivity contribution in [1.82, 2.24) is 0 Å². The molecule has 5 rings (SSSR count). The molecule has 0 spiro atoms. The minimum Gasteiger partial charge on any atom is -0.321 e. The highest BCUT2D eigenvalue weighted by Gasteiger charge is 2.46. The number of carbonyl (C=O) groups excluding carboxylic acids is 2. The van der Waals surface area contributed by atoms with Crippen LogP contribution < -0.4 is 10.6 Å². The largest absolute Gasteiger partial charge is 0.321 e. The van der Waals surface area contributed by atoms with Gasteiger partial charge >= 0.3 is 0 Å². The summed E-state index contributed by atoms with van der Waals surface area (Å²) in [5.74, 6) is -0.431. The number of rotatable bonds is 5. The Morgan fingerprint density at radius 3 is 1.71 bits per heavy atom. The minimum atomic E-state index is -0.336. The normalized spacial score (nSPS) is 17.5. The average Bonchev–Trinajstić information content (AvgIpc) is 3.12. The first kappa shape index (κ1) is 26.0. The number of halogens is 2. The summed E-state index contributed by atoms with van der Waals surface area (Å²) in [5, 5.41) is 6.78. The molecule has 0 heterocycles. The molecule has 38 heavy (non-hydrogen) atoms. The fourth-order valence-electron chi connectivity index (χ4n) is 5.57. The van der Waals surface area contributed by atoms with Crippen LogP contribution in [-0.4, -0.2) is 11.8 Å². The number of benzene rings is 4. The Bertz CT molecular complexity index is 1550. The summed E-state index contributed by atoms with van der Waals surface area (Å²) < 4.78 is 0. The zero-order valence-corrected chi connectivity index (χ0v) is 23.0. The molecule has 4 nitrogen and oxygen atoms in total. The number of carbonyl (C=O) groups is 2. The maximum Gasteiger partial charge on any atom is 0.255 e. The van der Waals surface area contributed by atoms with Gasteiger partial charge in [-0.25, -0.2) is 0 Å². The lowest BCUT2D eigenvalue weighted by atomic mass is 9.75. The van der Waals surface area contributed by atoms with Crippen LogP contribution in [0.25, 0.3) is 0 Å². The van der Waals surface area contributed by atoms with Crippen LogP contribution in [0.4, 0.5) is 11.4 Å². The highest BCUT2D eigenvalue weighted by atomic mass is 35.5. The highest BCUT2D eigenvalue weighted by molar-refractivity contribution is 6.34. The first-order chi connectivity index (χ1) is 18.1. The molecule has 0 bridgehead atoms. The summed E-state index contributed by atoms with van der Waals surface area (Å²) in [5.41, 5.74) is 5.27. The van der Waals surface area contributed by atoms with E-state index < -0.39 is 0 Å². The van der Waals surface area contributed by atoms with Gasteiger partial charge in [0.15, 0.2) is 0 Å². The van der Waals surface area contributed by atoms with E-state index in [0.717, 1.165) is 17.5 Å². The van der Waals surface area contributed by atoms with Gasteiger partial charge in [0.25, 0.3) is 11.8 Å². The van der Waals surface area contributed by atoms with E-state index in [0.29, 0.717) is 32.5 Å². The van der Waals surface area contributed by atoms with Gasteiger partial charge in [0, 0.05) is 16.5 Å². The quantitative estimate of drug-likeness (QED) is 0.265. The molecule has 1 atom stereocenters. The van der Waals surface area contributed by atoms with E-state index in [9.17, 15) is 9.59 Å². The van der Waals surface area contributed by atoms with Crippen LogP contribution in [-0.2, 0) is 10.8 Å². The Hall–Kier alpha value is -3.60. The van der Waals surface area contributed by atoms with Crippen LogP contribution in [0.15, 0.2) is 91.0 Å². The predicted molar refractivity (Wildman–Crippen MR) is 156 cm³/mol. The van der Waals surface area contributed by atoms with Crippen molar-refractivity contribution in [2.24, 2.45) is 0 Å². The number of amides is 2. The smallest absolute Gasteiger partial charge is 0.255 e. The van der Waals surface area contributed by atoms with Crippen LogP contribution in [0.2, 0.25) is 10.0 Å². The van der Waals surface area contributed by atoms with Crippen molar-refractivity contribution in [2.75, 3.05) is 10.6 Å². The van der Waals surface area contributed by atoms with Crippen molar-refractivity contribution in [3.05, 3.63) is 129 Å². The maximum absolute atomic E-state index is 13.1. The molecular weight excluding hydrogens is 515 g/mol. The third-order valence-electron chi connectivity index (χ3n) is 7.43. The van der Waals surface area contributed by atoms with E-state index in [4.69, 9.17) is 23.2 Å². The molecule has 0 radical (unpaired) electrons. The molecule has 4 aromatic carbocycles. The van der Waals surface area contributed by atoms with E-state index >= 15 is 0 Å². The van der Waals surface area contributed by atoms with Gasteiger partial charge in [-0.3, -0.25) is 9.59 Å². The summed E-state index contributed by atoms with van der Waals surface area (Å²) in [6.45, 7) is 6.66. The van der Waals surface area contributed by atoms with Crippen molar-refractivity contribution in [3.8, 4) is 0 Å². The number of anilines is 2. The highest BCUT2D eigenvalue weighted by Crippen LogP contribution is 2.53. The summed E-state index contributed by atoms with van der Waals surface area (Å²) in [7, 11) is 0. The molecule has 1 aliphatic rings. The SMILES string of the molecule is CC1(C)CC(C)(c2ccc(C(=O)Nc3ccccc3Cl)cc2)c2cc(C(=O)Nc3ccccc3Cl)ccc21. The molecule has 1 aliphatic carbocycles. The van der Waals surface area contributed by atoms with Gasteiger partial charge in [-0.05, 0) is 77.1 Å². The number of hydrogen-bond acceptors (Lipinski definition) is 2. The molecule has 0 fully saturated rings. The third-order valence-corrected chi connectivity index (χ3v) is 8.09. The van der Waals surface area contributed by atoms with Crippen molar-refractivity contribution >= 4 is 46.4 Å². The van der Waals surface area contributed by atoms with E-state index in [-0.39, 0.29) is 22.6 Å². The summed E-state index contributed by atoms with van der Waals surface area (Å²) >= 11 is 12.4. The van der Waals surface area contributed by atoms with Crippen LogP contribution in [0.5, 0.6) is 0 Å². The number of para-hydroxylation sites is 2. The molecule has 2 amide bonds. The molecule has 0 aliphatic heterocycles. The van der Waals surface area contributed by atoms with Crippen LogP contribution in [0.1, 0.15) is 64.6 Å². The number of fused-ring (bicyclic) bond motifs is 1. The third kappa shape index (κ3) is 4.82. The Morgan fingerprint density at radius 2 is 1.16 bits per heavy atom. The molecule has 1 unspecified atom stereocenters. The number of hydrogen-bond donors (Lipinski definition) is 2. The Labute approximate surface area is 233 Å². The fraction of sp³-hybridized carbons (Fsp3) is 0.188. The summed E-state index contributed by atoms with van der Waals surface area (Å²) in [6, 6.07) is 28.0. The molecule has 0 saturated heterocycles. The maximum atomic E-state index is 13.1. The van der Waals surface area contributed by atoms with Crippen LogP contribution >= 0.6 is 23.2 Å². The second-order valence-corrected chi connectivity index (χ2v) is 11.4. The Morgan fingerprint density at radius 1 is 0.658 bits per heavy atom. The average molecular weight is 543 g/mol. The molecule has 0 saturated carbocycles.